The van der Waals surface area contributed by atoms with Crippen LogP contribution in [0, 0.1) is 11.8 Å². The Morgan fingerprint density at radius 1 is 1.15 bits per heavy atom. The maximum atomic E-state index is 12.1. The Morgan fingerprint density at radius 3 is 2.48 bits per heavy atom. The number of ether oxygens (including phenoxy) is 3. The summed E-state index contributed by atoms with van der Waals surface area (Å²) in [6, 6.07) is 8.02. The molecule has 0 radical (unpaired) electrons. The first-order chi connectivity index (χ1) is 15.5. The van der Waals surface area contributed by atoms with Crippen molar-refractivity contribution in [2.75, 3.05) is 13.7 Å². The van der Waals surface area contributed by atoms with Crippen LogP contribution in [0.1, 0.15) is 58.9 Å². The minimum Gasteiger partial charge on any atom is -0.497 e. The van der Waals surface area contributed by atoms with Crippen LogP contribution in [0.2, 0.25) is 18.1 Å². The van der Waals surface area contributed by atoms with Crippen LogP contribution in [0.3, 0.4) is 0 Å². The van der Waals surface area contributed by atoms with E-state index in [1.54, 1.807) is 7.11 Å². The summed E-state index contributed by atoms with van der Waals surface area (Å²) >= 11 is 0. The molecule has 3 rings (SSSR count). The molecule has 0 unspecified atom stereocenters. The zero-order valence-electron chi connectivity index (χ0n) is 21.5. The molecule has 1 aromatic carbocycles. The molecule has 1 aliphatic carbocycles. The van der Waals surface area contributed by atoms with Crippen molar-refractivity contribution in [3.05, 3.63) is 41.5 Å². The summed E-state index contributed by atoms with van der Waals surface area (Å²) in [4.78, 5) is 12.1. The van der Waals surface area contributed by atoms with Crippen LogP contribution in [0.25, 0.3) is 0 Å². The summed E-state index contributed by atoms with van der Waals surface area (Å²) in [7, 11) is -0.340. The minimum atomic E-state index is -2.02. The lowest BCUT2D eigenvalue weighted by Crippen LogP contribution is -2.50. The molecule has 1 fully saturated rings. The number of esters is 1. The number of fused-ring (bicyclic) bond motifs is 1. The van der Waals surface area contributed by atoms with Crippen molar-refractivity contribution in [1.29, 1.82) is 0 Å². The number of cyclic esters (lactones) is 1. The summed E-state index contributed by atoms with van der Waals surface area (Å²) in [6.07, 6.45) is 5.47. The van der Waals surface area contributed by atoms with Gasteiger partial charge in [-0.1, -0.05) is 44.6 Å². The van der Waals surface area contributed by atoms with Gasteiger partial charge in [-0.05, 0) is 61.5 Å². The summed E-state index contributed by atoms with van der Waals surface area (Å²) in [5.41, 5.74) is 2.44. The first kappa shape index (κ1) is 26.0. The van der Waals surface area contributed by atoms with E-state index in [1.165, 1.54) is 5.57 Å². The lowest BCUT2D eigenvalue weighted by atomic mass is 9.80. The Hall–Kier alpha value is -1.63. The molecule has 5 nitrogen and oxygen atoms in total. The number of benzene rings is 1. The van der Waals surface area contributed by atoms with Crippen molar-refractivity contribution in [2.45, 2.75) is 90.3 Å². The third kappa shape index (κ3) is 6.93. The van der Waals surface area contributed by atoms with E-state index in [2.05, 4.69) is 46.9 Å². The highest BCUT2D eigenvalue weighted by atomic mass is 28.4. The van der Waals surface area contributed by atoms with Crippen molar-refractivity contribution in [2.24, 2.45) is 11.8 Å². The second kappa shape index (κ2) is 10.7. The van der Waals surface area contributed by atoms with E-state index in [4.69, 9.17) is 18.6 Å². The molecule has 0 bridgehead atoms. The van der Waals surface area contributed by atoms with Crippen LogP contribution in [-0.2, 0) is 25.3 Å². The average Bonchev–Trinajstić information content (AvgIpc) is 2.80. The lowest BCUT2D eigenvalue weighted by molar-refractivity contribution is -0.157. The zero-order chi connectivity index (χ0) is 24.2. The molecule has 6 heteroatoms. The average molecular weight is 475 g/mol. The molecule has 2 aliphatic rings. The molecule has 1 heterocycles. The Balaban J connectivity index is 1.82. The highest BCUT2D eigenvalue weighted by molar-refractivity contribution is 6.74. The Morgan fingerprint density at radius 2 is 1.85 bits per heavy atom. The first-order valence-electron chi connectivity index (χ1n) is 12.2. The van der Waals surface area contributed by atoms with Gasteiger partial charge in [0.1, 0.15) is 5.75 Å². The maximum absolute atomic E-state index is 12.1. The van der Waals surface area contributed by atoms with Crippen LogP contribution in [-0.4, -0.2) is 40.2 Å². The van der Waals surface area contributed by atoms with Gasteiger partial charge in [0.25, 0.3) is 0 Å². The topological polar surface area (TPSA) is 54.0 Å². The highest BCUT2D eigenvalue weighted by Crippen LogP contribution is 2.42. The van der Waals surface area contributed by atoms with E-state index in [0.29, 0.717) is 25.6 Å². The predicted octanol–water partition coefficient (Wildman–Crippen LogP) is 6.28. The van der Waals surface area contributed by atoms with Gasteiger partial charge >= 0.3 is 5.97 Å². The van der Waals surface area contributed by atoms with Gasteiger partial charge < -0.3 is 18.6 Å². The van der Waals surface area contributed by atoms with Crippen LogP contribution in [0.5, 0.6) is 5.75 Å². The maximum Gasteiger partial charge on any atom is 0.306 e. The van der Waals surface area contributed by atoms with Gasteiger partial charge in [-0.2, -0.15) is 0 Å². The fourth-order valence-corrected chi connectivity index (χ4v) is 5.88. The Bertz CT molecular complexity index is 824. The molecule has 33 heavy (non-hydrogen) atoms. The molecule has 0 aromatic heterocycles. The van der Waals surface area contributed by atoms with Crippen LogP contribution < -0.4 is 4.74 Å². The number of carbonyl (C=O) groups excluding carboxylic acids is 1. The summed E-state index contributed by atoms with van der Waals surface area (Å²) in [5, 5.41) is 0.109. The fourth-order valence-electron chi connectivity index (χ4n) is 4.49. The first-order valence-corrected chi connectivity index (χ1v) is 15.1. The molecule has 0 saturated carbocycles. The zero-order valence-corrected chi connectivity index (χ0v) is 22.5. The van der Waals surface area contributed by atoms with Crippen LogP contribution in [0.4, 0.5) is 0 Å². The summed E-state index contributed by atoms with van der Waals surface area (Å²) in [6.45, 7) is 14.6. The SMILES string of the molecule is COc1ccc(CO[C@H]2/C=C(/C)CC[C@@H]3CC(=O)OC[C@H]3[C@@H](O[Si](C)(C)C(C)(C)C)C2)cc1. The van der Waals surface area contributed by atoms with Gasteiger partial charge in [0.05, 0.1) is 32.5 Å². The standard InChI is InChI=1S/C27H42O5Si/c1-19-8-11-21-15-26(28)31-18-24(21)25(32-33(6,7)27(2,3)4)16-23(14-19)30-17-20-9-12-22(29-5)13-10-20/h9-10,12-14,21,23-25H,8,11,15-18H2,1-7H3/b19-14-/t21-,23+,24-,25+/m1/s1. The molecule has 0 N–H and O–H groups in total. The number of allylic oxidation sites excluding steroid dienone is 1. The molecular weight excluding hydrogens is 432 g/mol. The van der Waals surface area contributed by atoms with Crippen molar-refractivity contribution in [3.8, 4) is 5.75 Å². The van der Waals surface area contributed by atoms with E-state index < -0.39 is 8.32 Å². The largest absolute Gasteiger partial charge is 0.497 e. The monoisotopic (exact) mass is 474 g/mol. The van der Waals surface area contributed by atoms with Crippen molar-refractivity contribution in [1.82, 2.24) is 0 Å². The smallest absolute Gasteiger partial charge is 0.306 e. The number of methoxy groups -OCH3 is 1. The van der Waals surface area contributed by atoms with Gasteiger partial charge in [-0.15, -0.1) is 0 Å². The summed E-state index contributed by atoms with van der Waals surface area (Å²) < 4.78 is 24.3. The van der Waals surface area contributed by atoms with E-state index in [1.807, 2.05) is 24.3 Å². The number of hydrogen-bond acceptors (Lipinski definition) is 5. The third-order valence-electron chi connectivity index (χ3n) is 7.67. The molecule has 184 valence electrons. The molecule has 0 spiro atoms. The second-order valence-corrected chi connectivity index (χ2v) is 16.0. The highest BCUT2D eigenvalue weighted by Gasteiger charge is 2.44. The quantitative estimate of drug-likeness (QED) is 0.276. The van der Waals surface area contributed by atoms with Gasteiger partial charge in [0, 0.05) is 18.8 Å². The van der Waals surface area contributed by atoms with Crippen molar-refractivity contribution in [3.63, 3.8) is 0 Å². The predicted molar refractivity (Wildman–Crippen MR) is 134 cm³/mol. The van der Waals surface area contributed by atoms with Gasteiger partial charge in [-0.25, -0.2) is 0 Å². The minimum absolute atomic E-state index is 0.00649. The fraction of sp³-hybridized carbons (Fsp3) is 0.667. The Labute approximate surface area is 201 Å². The number of rotatable bonds is 6. The van der Waals surface area contributed by atoms with E-state index >= 15 is 0 Å². The molecule has 0 amide bonds. The van der Waals surface area contributed by atoms with Gasteiger partial charge in [-0.3, -0.25) is 4.79 Å². The molecule has 1 aliphatic heterocycles. The van der Waals surface area contributed by atoms with Crippen molar-refractivity contribution < 1.29 is 23.4 Å². The Kier molecular flexibility index (Phi) is 8.46. The van der Waals surface area contributed by atoms with Crippen molar-refractivity contribution >= 4 is 14.3 Å². The van der Waals surface area contributed by atoms with Gasteiger partial charge in [0.2, 0.25) is 0 Å². The van der Waals surface area contributed by atoms with Crippen LogP contribution in [0.15, 0.2) is 35.9 Å². The number of carbonyl (C=O) groups is 1. The molecular formula is C27H42O5Si. The van der Waals surface area contributed by atoms with E-state index in [-0.39, 0.29) is 29.1 Å². The lowest BCUT2D eigenvalue weighted by Gasteiger charge is -2.44. The normalized spacial score (nSPS) is 28.5. The van der Waals surface area contributed by atoms with E-state index in [0.717, 1.165) is 30.6 Å². The third-order valence-corrected chi connectivity index (χ3v) is 12.2. The molecule has 1 aromatic rings. The summed E-state index contributed by atoms with van der Waals surface area (Å²) in [5.74, 6) is 1.28. The number of hydrogen-bond donors (Lipinski definition) is 0. The second-order valence-electron chi connectivity index (χ2n) is 11.2. The van der Waals surface area contributed by atoms with E-state index in [9.17, 15) is 4.79 Å². The molecule has 4 atom stereocenters. The molecule has 1 saturated heterocycles. The van der Waals surface area contributed by atoms with Crippen LogP contribution >= 0.6 is 0 Å². The van der Waals surface area contributed by atoms with Gasteiger partial charge in [0.15, 0.2) is 8.32 Å².